The standard InChI is InChI=1S/C11H11FO3S/c12-10-7(6-16-8-4-15-5-8)2-1-3-9(10)11(13)14/h1-3,8H,4-6H2,(H,13,14). The number of hydrogen-bond donors (Lipinski definition) is 1. The zero-order chi connectivity index (χ0) is 11.5. The van der Waals surface area contributed by atoms with Gasteiger partial charge in [0, 0.05) is 5.75 Å². The molecule has 0 atom stereocenters. The monoisotopic (exact) mass is 242 g/mol. The van der Waals surface area contributed by atoms with E-state index in [0.717, 1.165) is 0 Å². The Labute approximate surface area is 96.6 Å². The van der Waals surface area contributed by atoms with Crippen molar-refractivity contribution in [3.05, 3.63) is 35.1 Å². The van der Waals surface area contributed by atoms with Crippen LogP contribution in [0.15, 0.2) is 18.2 Å². The van der Waals surface area contributed by atoms with Crippen LogP contribution in [-0.2, 0) is 10.5 Å². The Bertz CT molecular complexity index is 404. The summed E-state index contributed by atoms with van der Waals surface area (Å²) in [5.41, 5.74) is 0.180. The van der Waals surface area contributed by atoms with Gasteiger partial charge in [-0.2, -0.15) is 0 Å². The number of hydrogen-bond acceptors (Lipinski definition) is 3. The summed E-state index contributed by atoms with van der Waals surface area (Å²) in [4.78, 5) is 10.7. The van der Waals surface area contributed by atoms with E-state index < -0.39 is 11.8 Å². The largest absolute Gasteiger partial charge is 0.478 e. The van der Waals surface area contributed by atoms with Gasteiger partial charge in [-0.15, -0.1) is 11.8 Å². The molecule has 0 saturated carbocycles. The Balaban J connectivity index is 2.07. The van der Waals surface area contributed by atoms with E-state index >= 15 is 0 Å². The van der Waals surface area contributed by atoms with Gasteiger partial charge in [0.1, 0.15) is 5.82 Å². The summed E-state index contributed by atoms with van der Waals surface area (Å²) in [6.45, 7) is 1.40. The Morgan fingerprint density at radius 1 is 1.56 bits per heavy atom. The lowest BCUT2D eigenvalue weighted by molar-refractivity contribution is 0.0455. The van der Waals surface area contributed by atoms with E-state index in [9.17, 15) is 9.18 Å². The Morgan fingerprint density at radius 2 is 2.31 bits per heavy atom. The number of carbonyl (C=O) groups is 1. The van der Waals surface area contributed by atoms with Crippen LogP contribution in [0.3, 0.4) is 0 Å². The second kappa shape index (κ2) is 4.84. The Kier molecular flexibility index (Phi) is 3.46. The van der Waals surface area contributed by atoms with Gasteiger partial charge >= 0.3 is 5.97 Å². The van der Waals surface area contributed by atoms with Crippen LogP contribution in [0.1, 0.15) is 15.9 Å². The van der Waals surface area contributed by atoms with Crippen LogP contribution < -0.4 is 0 Å². The maximum Gasteiger partial charge on any atom is 0.338 e. The fourth-order valence-electron chi connectivity index (χ4n) is 1.37. The molecular weight excluding hydrogens is 231 g/mol. The number of thioether (sulfide) groups is 1. The van der Waals surface area contributed by atoms with Crippen molar-refractivity contribution in [3.63, 3.8) is 0 Å². The van der Waals surface area contributed by atoms with Crippen molar-refractivity contribution >= 4 is 17.7 Å². The molecule has 1 aliphatic heterocycles. The maximum atomic E-state index is 13.7. The molecule has 1 N–H and O–H groups in total. The van der Waals surface area contributed by atoms with Crippen LogP contribution >= 0.6 is 11.8 Å². The van der Waals surface area contributed by atoms with Crippen molar-refractivity contribution in [1.29, 1.82) is 0 Å². The van der Waals surface area contributed by atoms with E-state index in [1.54, 1.807) is 23.9 Å². The van der Waals surface area contributed by atoms with E-state index in [1.807, 2.05) is 0 Å². The van der Waals surface area contributed by atoms with Crippen molar-refractivity contribution in [1.82, 2.24) is 0 Å². The smallest absolute Gasteiger partial charge is 0.338 e. The van der Waals surface area contributed by atoms with Crippen molar-refractivity contribution in [2.75, 3.05) is 13.2 Å². The summed E-state index contributed by atoms with van der Waals surface area (Å²) < 4.78 is 18.7. The van der Waals surface area contributed by atoms with Crippen LogP contribution in [0.5, 0.6) is 0 Å². The lowest BCUT2D eigenvalue weighted by Gasteiger charge is -2.25. The average molecular weight is 242 g/mol. The minimum absolute atomic E-state index is 0.261. The first-order valence-electron chi connectivity index (χ1n) is 4.88. The second-order valence-corrected chi connectivity index (χ2v) is 4.84. The molecule has 0 aromatic heterocycles. The average Bonchev–Trinajstić information content (AvgIpc) is 2.17. The van der Waals surface area contributed by atoms with Crippen LogP contribution in [0.4, 0.5) is 4.39 Å². The third kappa shape index (κ3) is 2.36. The van der Waals surface area contributed by atoms with Gasteiger partial charge in [-0.3, -0.25) is 0 Å². The molecule has 16 heavy (non-hydrogen) atoms. The maximum absolute atomic E-state index is 13.7. The van der Waals surface area contributed by atoms with E-state index in [1.165, 1.54) is 6.07 Å². The highest BCUT2D eigenvalue weighted by atomic mass is 32.2. The first-order valence-corrected chi connectivity index (χ1v) is 5.93. The van der Waals surface area contributed by atoms with E-state index in [-0.39, 0.29) is 5.56 Å². The van der Waals surface area contributed by atoms with Gasteiger partial charge in [-0.1, -0.05) is 12.1 Å². The molecule has 0 amide bonds. The van der Waals surface area contributed by atoms with E-state index in [0.29, 0.717) is 29.8 Å². The molecule has 1 saturated heterocycles. The molecule has 0 bridgehead atoms. The molecule has 0 unspecified atom stereocenters. The molecule has 1 aromatic rings. The number of carboxylic acid groups (broad SMARTS) is 1. The van der Waals surface area contributed by atoms with Gasteiger partial charge in [0.05, 0.1) is 24.0 Å². The summed E-state index contributed by atoms with van der Waals surface area (Å²) in [6.07, 6.45) is 0. The number of rotatable bonds is 4. The van der Waals surface area contributed by atoms with Crippen molar-refractivity contribution in [2.45, 2.75) is 11.0 Å². The summed E-state index contributed by atoms with van der Waals surface area (Å²) in [5, 5.41) is 9.17. The van der Waals surface area contributed by atoms with Gasteiger partial charge in [0.25, 0.3) is 0 Å². The lowest BCUT2D eigenvalue weighted by atomic mass is 10.1. The molecule has 2 rings (SSSR count). The first kappa shape index (κ1) is 11.4. The molecular formula is C11H11FO3S. The highest BCUT2D eigenvalue weighted by molar-refractivity contribution is 7.99. The molecule has 1 heterocycles. The molecule has 0 spiro atoms. The predicted molar refractivity (Wildman–Crippen MR) is 59.3 cm³/mol. The van der Waals surface area contributed by atoms with Crippen molar-refractivity contribution in [2.24, 2.45) is 0 Å². The van der Waals surface area contributed by atoms with Crippen LogP contribution in [0, 0.1) is 5.82 Å². The van der Waals surface area contributed by atoms with Gasteiger partial charge in [-0.05, 0) is 11.6 Å². The summed E-state index contributed by atoms with van der Waals surface area (Å²) in [6, 6.07) is 4.46. The Morgan fingerprint density at radius 3 is 2.88 bits per heavy atom. The third-order valence-electron chi connectivity index (χ3n) is 2.39. The van der Waals surface area contributed by atoms with Crippen LogP contribution in [-0.4, -0.2) is 29.5 Å². The predicted octanol–water partition coefficient (Wildman–Crippen LogP) is 2.16. The minimum atomic E-state index is -1.23. The third-order valence-corrected chi connectivity index (χ3v) is 3.61. The highest BCUT2D eigenvalue weighted by Crippen LogP contribution is 2.25. The number of halogens is 1. The van der Waals surface area contributed by atoms with Gasteiger partial charge in [-0.25, -0.2) is 9.18 Å². The number of carboxylic acids is 1. The fraction of sp³-hybridized carbons (Fsp3) is 0.364. The number of benzene rings is 1. The lowest BCUT2D eigenvalue weighted by Crippen LogP contribution is -2.30. The summed E-state index contributed by atoms with van der Waals surface area (Å²) in [7, 11) is 0. The highest BCUT2D eigenvalue weighted by Gasteiger charge is 2.20. The summed E-state index contributed by atoms with van der Waals surface area (Å²) in [5.74, 6) is -1.36. The van der Waals surface area contributed by atoms with Crippen molar-refractivity contribution < 1.29 is 19.0 Å². The van der Waals surface area contributed by atoms with E-state index in [2.05, 4.69) is 0 Å². The summed E-state index contributed by atoms with van der Waals surface area (Å²) >= 11 is 1.59. The SMILES string of the molecule is O=C(O)c1cccc(CSC2COC2)c1F. The Hall–Kier alpha value is -1.07. The molecule has 1 aromatic carbocycles. The zero-order valence-corrected chi connectivity index (χ0v) is 9.30. The molecule has 86 valence electrons. The zero-order valence-electron chi connectivity index (χ0n) is 8.48. The van der Waals surface area contributed by atoms with Crippen molar-refractivity contribution in [3.8, 4) is 0 Å². The molecule has 3 nitrogen and oxygen atoms in total. The molecule has 0 aliphatic carbocycles. The molecule has 1 aliphatic rings. The van der Waals surface area contributed by atoms with E-state index in [4.69, 9.17) is 9.84 Å². The molecule has 5 heteroatoms. The van der Waals surface area contributed by atoms with Gasteiger partial charge in [0.2, 0.25) is 0 Å². The second-order valence-electron chi connectivity index (χ2n) is 3.55. The number of ether oxygens (including phenoxy) is 1. The normalized spacial score (nSPS) is 15.8. The molecule has 1 fully saturated rings. The van der Waals surface area contributed by atoms with Crippen LogP contribution in [0.2, 0.25) is 0 Å². The van der Waals surface area contributed by atoms with Crippen LogP contribution in [0.25, 0.3) is 0 Å². The van der Waals surface area contributed by atoms with Gasteiger partial charge in [0.15, 0.2) is 0 Å². The number of aromatic carboxylic acids is 1. The molecule has 0 radical (unpaired) electrons. The quantitative estimate of drug-likeness (QED) is 0.878. The van der Waals surface area contributed by atoms with Gasteiger partial charge < -0.3 is 9.84 Å². The topological polar surface area (TPSA) is 46.5 Å². The fourth-order valence-corrected chi connectivity index (χ4v) is 2.40. The minimum Gasteiger partial charge on any atom is -0.478 e. The first-order chi connectivity index (χ1) is 7.68.